The molecule has 0 bridgehead atoms. The second-order valence-corrected chi connectivity index (χ2v) is 3.45. The van der Waals surface area contributed by atoms with Gasteiger partial charge < -0.3 is 5.32 Å². The number of H-pyrrole nitrogens is 1. The van der Waals surface area contributed by atoms with Crippen molar-refractivity contribution in [1.82, 2.24) is 15.5 Å². The Labute approximate surface area is 85.0 Å². The summed E-state index contributed by atoms with van der Waals surface area (Å²) >= 11 is 0. The van der Waals surface area contributed by atoms with Gasteiger partial charge in [0.1, 0.15) is 6.04 Å². The maximum Gasteiger partial charge on any atom is 0.239 e. The van der Waals surface area contributed by atoms with Crippen LogP contribution in [0.3, 0.4) is 0 Å². The zero-order valence-corrected chi connectivity index (χ0v) is 7.84. The van der Waals surface area contributed by atoms with Crippen LogP contribution in [-0.4, -0.2) is 27.1 Å². The van der Waals surface area contributed by atoms with Crippen LogP contribution < -0.4 is 5.32 Å². The largest absolute Gasteiger partial charge is 0.341 e. The van der Waals surface area contributed by atoms with Crippen LogP contribution in [0.2, 0.25) is 0 Å². The van der Waals surface area contributed by atoms with Crippen molar-refractivity contribution >= 4 is 5.91 Å². The van der Waals surface area contributed by atoms with Gasteiger partial charge in [-0.25, -0.2) is 0 Å². The fourth-order valence-electron chi connectivity index (χ4n) is 1.74. The molecule has 7 heteroatoms. The van der Waals surface area contributed by atoms with Gasteiger partial charge in [0, 0.05) is 24.0 Å². The number of hydrogen-bond donors (Lipinski definition) is 2. The third kappa shape index (κ3) is 1.80. The van der Waals surface area contributed by atoms with Crippen LogP contribution in [0.5, 0.6) is 0 Å². The van der Waals surface area contributed by atoms with Crippen LogP contribution in [0.4, 0.5) is 0 Å². The Morgan fingerprint density at radius 1 is 1.60 bits per heavy atom. The zero-order valence-electron chi connectivity index (χ0n) is 7.84. The van der Waals surface area contributed by atoms with Gasteiger partial charge in [0.05, 0.1) is 5.69 Å². The summed E-state index contributed by atoms with van der Waals surface area (Å²) in [7, 11) is 0. The Morgan fingerprint density at radius 2 is 2.40 bits per heavy atom. The number of piperidine rings is 1. The van der Waals surface area contributed by atoms with Gasteiger partial charge in [-0.2, -0.15) is 5.10 Å². The first-order valence-corrected chi connectivity index (χ1v) is 4.60. The first-order chi connectivity index (χ1) is 7.18. The Hall–Kier alpha value is -1.92. The molecule has 0 unspecified atom stereocenters. The van der Waals surface area contributed by atoms with E-state index in [2.05, 4.69) is 15.5 Å². The summed E-state index contributed by atoms with van der Waals surface area (Å²) < 4.78 is 0. The molecule has 1 aliphatic rings. The first kappa shape index (κ1) is 9.63. The maximum absolute atomic E-state index is 11.2. The Bertz CT molecular complexity index is 375. The van der Waals surface area contributed by atoms with Crippen molar-refractivity contribution in [3.05, 3.63) is 28.1 Å². The van der Waals surface area contributed by atoms with Crippen molar-refractivity contribution < 1.29 is 9.72 Å². The van der Waals surface area contributed by atoms with Crippen LogP contribution in [0.1, 0.15) is 24.6 Å². The second-order valence-electron chi connectivity index (χ2n) is 3.45. The molecule has 15 heavy (non-hydrogen) atoms. The molecule has 0 spiro atoms. The third-order valence-electron chi connectivity index (χ3n) is 2.50. The molecule has 1 aliphatic heterocycles. The van der Waals surface area contributed by atoms with Crippen LogP contribution in [-0.2, 0) is 4.79 Å². The molecule has 7 nitrogen and oxygen atoms in total. The number of carbonyl (C=O) groups excluding carboxylic acids is 1. The average molecular weight is 210 g/mol. The minimum absolute atomic E-state index is 0.160. The fourth-order valence-corrected chi connectivity index (χ4v) is 1.74. The highest BCUT2D eigenvalue weighted by Gasteiger charge is 2.38. The lowest BCUT2D eigenvalue weighted by Crippen LogP contribution is -2.45. The molecule has 2 N–H and O–H groups in total. The molecular weight excluding hydrogens is 200 g/mol. The molecule has 1 aromatic heterocycles. The van der Waals surface area contributed by atoms with Gasteiger partial charge in [0.25, 0.3) is 0 Å². The third-order valence-corrected chi connectivity index (χ3v) is 2.50. The van der Waals surface area contributed by atoms with Crippen LogP contribution in [0.25, 0.3) is 0 Å². The van der Waals surface area contributed by atoms with Crippen LogP contribution >= 0.6 is 0 Å². The summed E-state index contributed by atoms with van der Waals surface area (Å²) in [4.78, 5) is 21.6. The van der Waals surface area contributed by atoms with Crippen molar-refractivity contribution in [2.24, 2.45) is 0 Å². The van der Waals surface area contributed by atoms with E-state index < -0.39 is 12.1 Å². The molecule has 0 radical (unpaired) electrons. The summed E-state index contributed by atoms with van der Waals surface area (Å²) in [6.07, 6.45) is 1.98. The smallest absolute Gasteiger partial charge is 0.239 e. The maximum atomic E-state index is 11.2. The molecule has 1 aromatic rings. The van der Waals surface area contributed by atoms with Crippen molar-refractivity contribution in [2.45, 2.75) is 24.9 Å². The number of nitro groups is 1. The van der Waals surface area contributed by atoms with E-state index in [1.54, 1.807) is 6.07 Å². The number of aromatic amines is 1. The second kappa shape index (κ2) is 3.68. The highest BCUT2D eigenvalue weighted by molar-refractivity contribution is 5.77. The van der Waals surface area contributed by atoms with E-state index in [9.17, 15) is 14.9 Å². The fraction of sp³-hybridized carbons (Fsp3) is 0.500. The lowest BCUT2D eigenvalue weighted by atomic mass is 9.96. The first-order valence-electron chi connectivity index (χ1n) is 4.60. The minimum Gasteiger partial charge on any atom is -0.341 e. The van der Waals surface area contributed by atoms with Crippen molar-refractivity contribution in [2.75, 3.05) is 0 Å². The molecule has 2 atom stereocenters. The van der Waals surface area contributed by atoms with E-state index in [4.69, 9.17) is 0 Å². The highest BCUT2D eigenvalue weighted by Crippen LogP contribution is 2.24. The van der Waals surface area contributed by atoms with E-state index >= 15 is 0 Å². The molecule has 2 heterocycles. The lowest BCUT2D eigenvalue weighted by Gasteiger charge is -2.25. The van der Waals surface area contributed by atoms with E-state index in [-0.39, 0.29) is 23.7 Å². The van der Waals surface area contributed by atoms with Crippen LogP contribution in [0.15, 0.2) is 12.3 Å². The Balaban J connectivity index is 2.24. The van der Waals surface area contributed by atoms with Crippen molar-refractivity contribution in [3.63, 3.8) is 0 Å². The zero-order chi connectivity index (χ0) is 10.8. The van der Waals surface area contributed by atoms with Gasteiger partial charge in [0.15, 0.2) is 0 Å². The monoisotopic (exact) mass is 210 g/mol. The van der Waals surface area contributed by atoms with Gasteiger partial charge in [-0.05, 0) is 6.07 Å². The summed E-state index contributed by atoms with van der Waals surface area (Å²) in [5.41, 5.74) is 0.574. The molecule has 1 amide bonds. The van der Waals surface area contributed by atoms with Crippen molar-refractivity contribution in [1.29, 1.82) is 0 Å². The number of amides is 1. The summed E-state index contributed by atoms with van der Waals surface area (Å²) in [6.45, 7) is 0. The molecule has 0 aliphatic carbocycles. The Kier molecular flexibility index (Phi) is 2.36. The van der Waals surface area contributed by atoms with E-state index in [1.165, 1.54) is 6.20 Å². The number of aromatic nitrogens is 2. The minimum atomic E-state index is -0.775. The number of carbonyl (C=O) groups is 1. The predicted octanol–water partition coefficient (Wildman–Crippen LogP) is 0.00610. The SMILES string of the molecule is O=C1CC[C@H]([N+](=O)[O-])[C@H](c2ccn[nH]2)N1. The van der Waals surface area contributed by atoms with E-state index in [1.807, 2.05) is 0 Å². The molecule has 2 rings (SSSR count). The van der Waals surface area contributed by atoms with Gasteiger partial charge in [-0.1, -0.05) is 0 Å². The van der Waals surface area contributed by atoms with Gasteiger partial charge in [-0.3, -0.25) is 20.0 Å². The molecule has 1 saturated heterocycles. The van der Waals surface area contributed by atoms with E-state index in [0.29, 0.717) is 5.69 Å². The molecule has 80 valence electrons. The molecule has 0 aromatic carbocycles. The highest BCUT2D eigenvalue weighted by atomic mass is 16.6. The normalized spacial score (nSPS) is 26.0. The lowest BCUT2D eigenvalue weighted by molar-refractivity contribution is -0.529. The van der Waals surface area contributed by atoms with Crippen molar-refractivity contribution in [3.8, 4) is 0 Å². The number of rotatable bonds is 2. The van der Waals surface area contributed by atoms with Gasteiger partial charge in [0.2, 0.25) is 11.9 Å². The quantitative estimate of drug-likeness (QED) is 0.530. The molecule has 0 saturated carbocycles. The number of nitrogens with zero attached hydrogens (tertiary/aromatic N) is 2. The number of nitrogens with one attached hydrogen (secondary N) is 2. The molecular formula is C8H10N4O3. The topological polar surface area (TPSA) is 101 Å². The summed E-state index contributed by atoms with van der Waals surface area (Å²) in [5, 5.41) is 19.7. The predicted molar refractivity (Wildman–Crippen MR) is 49.5 cm³/mol. The average Bonchev–Trinajstić information content (AvgIpc) is 2.69. The summed E-state index contributed by atoms with van der Waals surface area (Å²) in [6, 6.07) is 0.263. The van der Waals surface area contributed by atoms with Gasteiger partial charge in [-0.15, -0.1) is 0 Å². The standard InChI is InChI=1S/C8H10N4O3/c13-7-2-1-6(12(14)15)8(10-7)5-3-4-9-11-5/h3-4,6,8H,1-2H2,(H,9,11)(H,10,13)/t6-,8-/m0/s1. The number of hydrogen-bond acceptors (Lipinski definition) is 4. The van der Waals surface area contributed by atoms with Crippen LogP contribution in [0, 0.1) is 10.1 Å². The molecule has 1 fully saturated rings. The van der Waals surface area contributed by atoms with E-state index in [0.717, 1.165) is 0 Å². The summed E-state index contributed by atoms with van der Waals surface area (Å²) in [5.74, 6) is -0.160. The Morgan fingerprint density at radius 3 is 3.00 bits per heavy atom. The van der Waals surface area contributed by atoms with Gasteiger partial charge >= 0.3 is 0 Å².